The van der Waals surface area contributed by atoms with Crippen molar-refractivity contribution in [3.63, 3.8) is 0 Å². The van der Waals surface area contributed by atoms with Crippen molar-refractivity contribution in [2.24, 2.45) is 0 Å². The highest BCUT2D eigenvalue weighted by atomic mass is 35.5. The fraction of sp³-hybridized carbons (Fsp3) is 0.148. The molecule has 5 aromatic rings. The number of carbonyl (C=O) groups excluding carboxylic acids is 1. The second-order valence-electron chi connectivity index (χ2n) is 8.54. The van der Waals surface area contributed by atoms with E-state index in [0.717, 1.165) is 44.4 Å². The average molecular weight is 472 g/mol. The number of para-hydroxylation sites is 1. The first kappa shape index (κ1) is 20.7. The van der Waals surface area contributed by atoms with Crippen molar-refractivity contribution in [2.75, 3.05) is 24.4 Å². The standard InChI is InChI=1S/C27H22ClN3O3/c1-34-17-6-7-21-15(10-17)11-22(30-21)27(33)31-14-16(13-28)25-19-8-9-29-26(19)20(12-23(25)31)18-4-2-3-5-24(18)32/h2-12,16,29-30,32H,13-14H2,1H3. The Morgan fingerprint density at radius 1 is 1.15 bits per heavy atom. The van der Waals surface area contributed by atoms with Crippen molar-refractivity contribution >= 4 is 45.0 Å². The molecule has 170 valence electrons. The average Bonchev–Trinajstić information content (AvgIpc) is 3.59. The van der Waals surface area contributed by atoms with Crippen LogP contribution in [0.2, 0.25) is 0 Å². The number of amides is 1. The number of carbonyl (C=O) groups is 1. The zero-order valence-corrected chi connectivity index (χ0v) is 19.2. The molecule has 1 atom stereocenters. The summed E-state index contributed by atoms with van der Waals surface area (Å²) in [5.74, 6) is 1.20. The molecule has 3 heterocycles. The van der Waals surface area contributed by atoms with Gasteiger partial charge >= 0.3 is 0 Å². The number of fused-ring (bicyclic) bond motifs is 4. The molecule has 0 saturated carbocycles. The van der Waals surface area contributed by atoms with Crippen LogP contribution in [0.4, 0.5) is 5.69 Å². The van der Waals surface area contributed by atoms with Crippen molar-refractivity contribution < 1.29 is 14.6 Å². The zero-order chi connectivity index (χ0) is 23.4. The molecule has 6 nitrogen and oxygen atoms in total. The molecule has 0 fully saturated rings. The fourth-order valence-corrected chi connectivity index (χ4v) is 5.29. The van der Waals surface area contributed by atoms with Gasteiger partial charge in [-0.3, -0.25) is 4.79 Å². The first-order chi connectivity index (χ1) is 16.6. The van der Waals surface area contributed by atoms with Gasteiger partial charge in [0, 0.05) is 57.6 Å². The van der Waals surface area contributed by atoms with Gasteiger partial charge in [-0.05, 0) is 48.0 Å². The molecule has 1 amide bonds. The summed E-state index contributed by atoms with van der Waals surface area (Å²) in [6.45, 7) is 0.487. The number of ether oxygens (including phenoxy) is 1. The first-order valence-corrected chi connectivity index (χ1v) is 11.6. The number of nitrogens with one attached hydrogen (secondary N) is 2. The number of rotatable bonds is 4. The van der Waals surface area contributed by atoms with Gasteiger partial charge in [0.2, 0.25) is 0 Å². The summed E-state index contributed by atoms with van der Waals surface area (Å²) in [6.07, 6.45) is 1.88. The van der Waals surface area contributed by atoms with Crippen LogP contribution in [0.15, 0.2) is 66.9 Å². The Balaban J connectivity index is 1.51. The number of aromatic amines is 2. The van der Waals surface area contributed by atoms with Gasteiger partial charge < -0.3 is 24.7 Å². The minimum absolute atomic E-state index is 0.00168. The number of alkyl halides is 1. The predicted molar refractivity (Wildman–Crippen MR) is 135 cm³/mol. The molecule has 0 bridgehead atoms. The molecule has 1 aliphatic rings. The molecule has 0 aliphatic carbocycles. The third-order valence-corrected chi connectivity index (χ3v) is 7.02. The van der Waals surface area contributed by atoms with E-state index in [-0.39, 0.29) is 17.6 Å². The maximum absolute atomic E-state index is 13.7. The third-order valence-electron chi connectivity index (χ3n) is 6.65. The van der Waals surface area contributed by atoms with Crippen LogP contribution in [0.3, 0.4) is 0 Å². The van der Waals surface area contributed by atoms with Crippen LogP contribution in [0.1, 0.15) is 22.0 Å². The van der Waals surface area contributed by atoms with Crippen LogP contribution in [-0.4, -0.2) is 40.5 Å². The molecule has 2 aromatic heterocycles. The molecule has 6 rings (SSSR count). The van der Waals surface area contributed by atoms with Crippen molar-refractivity contribution in [1.29, 1.82) is 0 Å². The number of halogens is 1. The lowest BCUT2D eigenvalue weighted by Gasteiger charge is -2.18. The number of aromatic nitrogens is 2. The lowest BCUT2D eigenvalue weighted by molar-refractivity contribution is 0.0984. The largest absolute Gasteiger partial charge is 0.507 e. The van der Waals surface area contributed by atoms with Gasteiger partial charge in [-0.15, -0.1) is 11.6 Å². The number of H-pyrrole nitrogens is 2. The molecule has 0 saturated heterocycles. The second-order valence-corrected chi connectivity index (χ2v) is 8.85. The number of phenols is 1. The van der Waals surface area contributed by atoms with E-state index in [0.29, 0.717) is 23.7 Å². The number of methoxy groups -OCH3 is 1. The number of benzene rings is 3. The lowest BCUT2D eigenvalue weighted by atomic mass is 9.94. The van der Waals surface area contributed by atoms with Gasteiger partial charge in [-0.1, -0.05) is 18.2 Å². The summed E-state index contributed by atoms with van der Waals surface area (Å²) >= 11 is 6.39. The molecule has 3 N–H and O–H groups in total. The Morgan fingerprint density at radius 3 is 2.79 bits per heavy atom. The van der Waals surface area contributed by atoms with Crippen LogP contribution >= 0.6 is 11.6 Å². The number of anilines is 1. The molecule has 3 aromatic carbocycles. The fourth-order valence-electron chi connectivity index (χ4n) is 5.03. The number of phenolic OH excluding ortho intramolecular Hbond substituents is 1. The topological polar surface area (TPSA) is 81.3 Å². The van der Waals surface area contributed by atoms with Gasteiger partial charge in [0.1, 0.15) is 17.2 Å². The van der Waals surface area contributed by atoms with Gasteiger partial charge in [-0.2, -0.15) is 0 Å². The summed E-state index contributed by atoms with van der Waals surface area (Å²) in [5.41, 5.74) is 5.70. The van der Waals surface area contributed by atoms with E-state index in [1.807, 2.05) is 54.7 Å². The Bertz CT molecular complexity index is 1570. The summed E-state index contributed by atoms with van der Waals surface area (Å²) < 4.78 is 5.32. The van der Waals surface area contributed by atoms with Gasteiger partial charge in [0.25, 0.3) is 5.91 Å². The minimum Gasteiger partial charge on any atom is -0.507 e. The van der Waals surface area contributed by atoms with Crippen molar-refractivity contribution in [3.8, 4) is 22.6 Å². The van der Waals surface area contributed by atoms with E-state index in [9.17, 15) is 9.90 Å². The van der Waals surface area contributed by atoms with Crippen LogP contribution in [0.25, 0.3) is 32.9 Å². The highest BCUT2D eigenvalue weighted by Crippen LogP contribution is 2.47. The summed E-state index contributed by atoms with van der Waals surface area (Å²) in [4.78, 5) is 22.1. The maximum atomic E-state index is 13.7. The number of hydrogen-bond donors (Lipinski definition) is 3. The van der Waals surface area contributed by atoms with Gasteiger partial charge in [0.05, 0.1) is 12.6 Å². The van der Waals surface area contributed by atoms with Crippen LogP contribution < -0.4 is 9.64 Å². The van der Waals surface area contributed by atoms with E-state index in [1.54, 1.807) is 24.1 Å². The zero-order valence-electron chi connectivity index (χ0n) is 18.4. The highest BCUT2D eigenvalue weighted by molar-refractivity contribution is 6.19. The molecular formula is C27H22ClN3O3. The summed E-state index contributed by atoms with van der Waals surface area (Å²) in [5, 5.41) is 12.5. The van der Waals surface area contributed by atoms with E-state index in [2.05, 4.69) is 9.97 Å². The first-order valence-electron chi connectivity index (χ1n) is 11.1. The molecular weight excluding hydrogens is 450 g/mol. The molecule has 34 heavy (non-hydrogen) atoms. The molecule has 1 unspecified atom stereocenters. The Labute approximate surface area is 200 Å². The molecule has 1 aliphatic heterocycles. The smallest absolute Gasteiger partial charge is 0.274 e. The second kappa shape index (κ2) is 7.85. The molecule has 0 spiro atoms. The Morgan fingerprint density at radius 2 is 2.00 bits per heavy atom. The van der Waals surface area contributed by atoms with Gasteiger partial charge in [-0.25, -0.2) is 0 Å². The molecule has 7 heteroatoms. The Hall–Kier alpha value is -3.90. The van der Waals surface area contributed by atoms with E-state index >= 15 is 0 Å². The molecule has 0 radical (unpaired) electrons. The minimum atomic E-state index is -0.123. The van der Waals surface area contributed by atoms with E-state index in [1.165, 1.54) is 0 Å². The maximum Gasteiger partial charge on any atom is 0.274 e. The number of aromatic hydroxyl groups is 1. The van der Waals surface area contributed by atoms with Crippen molar-refractivity contribution in [2.45, 2.75) is 5.92 Å². The monoisotopic (exact) mass is 471 g/mol. The van der Waals surface area contributed by atoms with Crippen LogP contribution in [0.5, 0.6) is 11.5 Å². The SMILES string of the molecule is COc1ccc2[nH]c(C(=O)N3CC(CCl)c4c3cc(-c3ccccc3O)c3[nH]ccc43)cc2c1. The highest BCUT2D eigenvalue weighted by Gasteiger charge is 2.36. The quantitative estimate of drug-likeness (QED) is 0.280. The van der Waals surface area contributed by atoms with Crippen molar-refractivity contribution in [1.82, 2.24) is 9.97 Å². The van der Waals surface area contributed by atoms with E-state index in [4.69, 9.17) is 16.3 Å². The number of nitrogens with zero attached hydrogens (tertiary/aromatic N) is 1. The van der Waals surface area contributed by atoms with Gasteiger partial charge in [0.15, 0.2) is 0 Å². The summed E-state index contributed by atoms with van der Waals surface area (Å²) in [7, 11) is 1.62. The lowest BCUT2D eigenvalue weighted by Crippen LogP contribution is -2.30. The number of hydrogen-bond acceptors (Lipinski definition) is 3. The normalized spacial score (nSPS) is 15.2. The van der Waals surface area contributed by atoms with Crippen LogP contribution in [0, 0.1) is 0 Å². The summed E-state index contributed by atoms with van der Waals surface area (Å²) in [6, 6.07) is 18.8. The third kappa shape index (κ3) is 3.06. The van der Waals surface area contributed by atoms with Crippen molar-refractivity contribution in [3.05, 3.63) is 78.1 Å². The predicted octanol–water partition coefficient (Wildman–Crippen LogP) is 6.01. The Kier molecular flexibility index (Phi) is 4.78. The van der Waals surface area contributed by atoms with Crippen LogP contribution in [-0.2, 0) is 0 Å². The van der Waals surface area contributed by atoms with E-state index < -0.39 is 0 Å².